The SMILES string of the molecule is Cc1ccc(N2CCCC(NC(=O)C3CC3C(=O)O)C2=O)cc1. The second kappa shape index (κ2) is 6.02. The zero-order valence-corrected chi connectivity index (χ0v) is 13.0. The molecule has 23 heavy (non-hydrogen) atoms. The van der Waals surface area contributed by atoms with Crippen molar-refractivity contribution in [3.05, 3.63) is 29.8 Å². The lowest BCUT2D eigenvalue weighted by atomic mass is 10.0. The van der Waals surface area contributed by atoms with E-state index in [-0.39, 0.29) is 11.8 Å². The first-order chi connectivity index (χ1) is 11.0. The standard InChI is InChI=1S/C17H20N2O4/c1-10-4-6-11(7-5-10)19-8-2-3-14(16(19)21)18-15(20)12-9-13(12)17(22)23/h4-7,12-14H,2-3,8-9H2,1H3,(H,18,20)(H,22,23). The number of hydrogen-bond donors (Lipinski definition) is 2. The van der Waals surface area contributed by atoms with E-state index in [2.05, 4.69) is 5.32 Å². The Bertz CT molecular complexity index is 640. The molecule has 1 aromatic carbocycles. The summed E-state index contributed by atoms with van der Waals surface area (Å²) in [6.45, 7) is 2.62. The molecule has 0 bridgehead atoms. The Hall–Kier alpha value is -2.37. The van der Waals surface area contributed by atoms with Crippen molar-refractivity contribution in [2.45, 2.75) is 32.2 Å². The molecule has 3 unspecified atom stereocenters. The number of benzene rings is 1. The highest BCUT2D eigenvalue weighted by Gasteiger charge is 2.49. The smallest absolute Gasteiger partial charge is 0.307 e. The van der Waals surface area contributed by atoms with Crippen LogP contribution in [0.4, 0.5) is 5.69 Å². The molecule has 1 aliphatic carbocycles. The van der Waals surface area contributed by atoms with Crippen molar-refractivity contribution in [1.29, 1.82) is 0 Å². The van der Waals surface area contributed by atoms with Gasteiger partial charge in [0.25, 0.3) is 0 Å². The summed E-state index contributed by atoms with van der Waals surface area (Å²) in [5, 5.41) is 11.6. The molecule has 0 aromatic heterocycles. The molecule has 1 heterocycles. The molecule has 0 radical (unpaired) electrons. The lowest BCUT2D eigenvalue weighted by molar-refractivity contribution is -0.140. The van der Waals surface area contributed by atoms with Crippen LogP contribution in [0.5, 0.6) is 0 Å². The molecule has 2 fully saturated rings. The van der Waals surface area contributed by atoms with Gasteiger partial charge in [-0.05, 0) is 38.3 Å². The fourth-order valence-corrected chi connectivity index (χ4v) is 3.03. The predicted molar refractivity (Wildman–Crippen MR) is 83.9 cm³/mol. The van der Waals surface area contributed by atoms with Crippen LogP contribution in [0.3, 0.4) is 0 Å². The molecular formula is C17H20N2O4. The minimum Gasteiger partial charge on any atom is -0.481 e. The van der Waals surface area contributed by atoms with Crippen LogP contribution in [0, 0.1) is 18.8 Å². The largest absolute Gasteiger partial charge is 0.481 e. The van der Waals surface area contributed by atoms with E-state index >= 15 is 0 Å². The maximum atomic E-state index is 12.6. The second-order valence-corrected chi connectivity index (χ2v) is 6.32. The molecule has 6 heteroatoms. The molecule has 3 atom stereocenters. The van der Waals surface area contributed by atoms with Gasteiger partial charge in [0.1, 0.15) is 6.04 Å². The van der Waals surface area contributed by atoms with Gasteiger partial charge in [0, 0.05) is 12.2 Å². The minimum absolute atomic E-state index is 0.124. The topological polar surface area (TPSA) is 86.7 Å². The number of aliphatic carboxylic acids is 1. The summed E-state index contributed by atoms with van der Waals surface area (Å²) in [5.41, 5.74) is 1.95. The Morgan fingerprint density at radius 3 is 2.52 bits per heavy atom. The lowest BCUT2D eigenvalue weighted by Crippen LogP contribution is -2.53. The first-order valence-corrected chi connectivity index (χ1v) is 7.88. The van der Waals surface area contributed by atoms with Crippen molar-refractivity contribution in [3.8, 4) is 0 Å². The van der Waals surface area contributed by atoms with Gasteiger partial charge in [-0.1, -0.05) is 17.7 Å². The number of carboxylic acid groups (broad SMARTS) is 1. The third kappa shape index (κ3) is 3.21. The first kappa shape index (κ1) is 15.5. The van der Waals surface area contributed by atoms with Crippen molar-refractivity contribution < 1.29 is 19.5 Å². The van der Waals surface area contributed by atoms with Gasteiger partial charge in [0.15, 0.2) is 0 Å². The van der Waals surface area contributed by atoms with Crippen LogP contribution in [0.2, 0.25) is 0 Å². The van der Waals surface area contributed by atoms with E-state index in [0.717, 1.165) is 17.7 Å². The zero-order chi connectivity index (χ0) is 16.6. The first-order valence-electron chi connectivity index (χ1n) is 7.88. The number of nitrogens with zero attached hydrogens (tertiary/aromatic N) is 1. The maximum Gasteiger partial charge on any atom is 0.307 e. The number of amides is 2. The van der Waals surface area contributed by atoms with Gasteiger partial charge in [-0.15, -0.1) is 0 Å². The molecule has 2 amide bonds. The summed E-state index contributed by atoms with van der Waals surface area (Å²) in [6.07, 6.45) is 1.76. The Balaban J connectivity index is 1.65. The molecule has 2 aliphatic rings. The third-order valence-corrected chi connectivity index (χ3v) is 4.55. The maximum absolute atomic E-state index is 12.6. The number of anilines is 1. The van der Waals surface area contributed by atoms with E-state index in [1.54, 1.807) is 4.90 Å². The van der Waals surface area contributed by atoms with Gasteiger partial charge < -0.3 is 15.3 Å². The molecule has 1 aromatic rings. The summed E-state index contributed by atoms with van der Waals surface area (Å²) in [4.78, 5) is 37.2. The Morgan fingerprint density at radius 1 is 1.22 bits per heavy atom. The highest BCUT2D eigenvalue weighted by molar-refractivity contribution is 6.01. The number of nitrogens with one attached hydrogen (secondary N) is 1. The van der Waals surface area contributed by atoms with E-state index in [0.29, 0.717) is 19.4 Å². The summed E-state index contributed by atoms with van der Waals surface area (Å²) in [6, 6.07) is 7.14. The number of hydrogen-bond acceptors (Lipinski definition) is 3. The van der Waals surface area contributed by atoms with Crippen molar-refractivity contribution in [2.24, 2.45) is 11.8 Å². The third-order valence-electron chi connectivity index (χ3n) is 4.55. The Labute approximate surface area is 134 Å². The van der Waals surface area contributed by atoms with Crippen LogP contribution < -0.4 is 10.2 Å². The molecule has 1 saturated heterocycles. The number of carbonyl (C=O) groups is 3. The number of carboxylic acids is 1. The normalized spacial score (nSPS) is 26.7. The van der Waals surface area contributed by atoms with Crippen molar-refractivity contribution in [1.82, 2.24) is 5.32 Å². The highest BCUT2D eigenvalue weighted by Crippen LogP contribution is 2.39. The lowest BCUT2D eigenvalue weighted by Gasteiger charge is -2.32. The fraction of sp³-hybridized carbons (Fsp3) is 0.471. The van der Waals surface area contributed by atoms with Crippen molar-refractivity contribution in [2.75, 3.05) is 11.4 Å². The Kier molecular flexibility index (Phi) is 4.07. The second-order valence-electron chi connectivity index (χ2n) is 6.32. The van der Waals surface area contributed by atoms with Gasteiger partial charge in [-0.2, -0.15) is 0 Å². The van der Waals surface area contributed by atoms with Gasteiger partial charge in [0.05, 0.1) is 11.8 Å². The average molecular weight is 316 g/mol. The fourth-order valence-electron chi connectivity index (χ4n) is 3.03. The zero-order valence-electron chi connectivity index (χ0n) is 13.0. The summed E-state index contributed by atoms with van der Waals surface area (Å²) in [7, 11) is 0. The number of piperidine rings is 1. The average Bonchev–Trinajstić information content (AvgIpc) is 3.31. The van der Waals surface area contributed by atoms with Crippen LogP contribution in [-0.2, 0) is 14.4 Å². The molecule has 1 aliphatic heterocycles. The molecule has 122 valence electrons. The molecule has 3 rings (SSSR count). The van der Waals surface area contributed by atoms with E-state index in [4.69, 9.17) is 5.11 Å². The van der Waals surface area contributed by atoms with E-state index in [9.17, 15) is 14.4 Å². The number of aryl methyl sites for hydroxylation is 1. The van der Waals surface area contributed by atoms with Crippen LogP contribution >= 0.6 is 0 Å². The van der Waals surface area contributed by atoms with E-state index < -0.39 is 23.8 Å². The van der Waals surface area contributed by atoms with Crippen molar-refractivity contribution in [3.63, 3.8) is 0 Å². The minimum atomic E-state index is -0.943. The summed E-state index contributed by atoms with van der Waals surface area (Å²) in [5.74, 6) is -2.47. The number of carbonyl (C=O) groups excluding carboxylic acids is 2. The van der Waals surface area contributed by atoms with Gasteiger partial charge in [0.2, 0.25) is 11.8 Å². The van der Waals surface area contributed by atoms with Crippen LogP contribution in [0.1, 0.15) is 24.8 Å². The van der Waals surface area contributed by atoms with Crippen LogP contribution in [-0.4, -0.2) is 35.5 Å². The Morgan fingerprint density at radius 2 is 1.91 bits per heavy atom. The van der Waals surface area contributed by atoms with Crippen LogP contribution in [0.25, 0.3) is 0 Å². The summed E-state index contributed by atoms with van der Waals surface area (Å²) >= 11 is 0. The van der Waals surface area contributed by atoms with Gasteiger partial charge >= 0.3 is 5.97 Å². The summed E-state index contributed by atoms with van der Waals surface area (Å²) < 4.78 is 0. The highest BCUT2D eigenvalue weighted by atomic mass is 16.4. The molecule has 1 saturated carbocycles. The quantitative estimate of drug-likeness (QED) is 0.877. The number of rotatable bonds is 4. The molecular weight excluding hydrogens is 296 g/mol. The van der Waals surface area contributed by atoms with Crippen molar-refractivity contribution >= 4 is 23.5 Å². The van der Waals surface area contributed by atoms with Gasteiger partial charge in [-0.3, -0.25) is 14.4 Å². The molecule has 0 spiro atoms. The van der Waals surface area contributed by atoms with Gasteiger partial charge in [-0.25, -0.2) is 0 Å². The molecule has 2 N–H and O–H groups in total. The monoisotopic (exact) mass is 316 g/mol. The molecule has 6 nitrogen and oxygen atoms in total. The van der Waals surface area contributed by atoms with E-state index in [1.165, 1.54) is 0 Å². The van der Waals surface area contributed by atoms with Crippen LogP contribution in [0.15, 0.2) is 24.3 Å². The predicted octanol–water partition coefficient (Wildman–Crippen LogP) is 1.33. The van der Waals surface area contributed by atoms with E-state index in [1.807, 2.05) is 31.2 Å².